The van der Waals surface area contributed by atoms with E-state index in [0.717, 1.165) is 9.32 Å². The second kappa shape index (κ2) is 9.65. The molecule has 3 aromatic rings. The lowest BCUT2D eigenvalue weighted by Gasteiger charge is -2.13. The third kappa shape index (κ3) is 5.41. The molecule has 3 rings (SSSR count). The van der Waals surface area contributed by atoms with Crippen LogP contribution in [0.4, 0.5) is 5.69 Å². The van der Waals surface area contributed by atoms with Gasteiger partial charge in [-0.15, -0.1) is 0 Å². The zero-order valence-electron chi connectivity index (χ0n) is 16.5. The molecule has 6 heteroatoms. The van der Waals surface area contributed by atoms with Crippen LogP contribution in [0.15, 0.2) is 60.7 Å². The van der Waals surface area contributed by atoms with Gasteiger partial charge >= 0.3 is 0 Å². The van der Waals surface area contributed by atoms with Crippen molar-refractivity contribution in [3.8, 4) is 23.0 Å². The number of benzene rings is 3. The van der Waals surface area contributed by atoms with E-state index in [4.69, 9.17) is 14.2 Å². The van der Waals surface area contributed by atoms with Gasteiger partial charge in [0.1, 0.15) is 11.5 Å². The smallest absolute Gasteiger partial charge is 0.255 e. The first-order valence-corrected chi connectivity index (χ1v) is 10.2. The molecule has 0 atom stereocenters. The molecule has 0 radical (unpaired) electrons. The molecule has 0 saturated carbocycles. The van der Waals surface area contributed by atoms with Crippen LogP contribution in [-0.4, -0.2) is 19.6 Å². The summed E-state index contributed by atoms with van der Waals surface area (Å²) in [5.74, 6) is 2.42. The first-order valence-electron chi connectivity index (χ1n) is 9.16. The molecule has 0 unspecified atom stereocenters. The maximum absolute atomic E-state index is 12.7. The number of nitrogens with one attached hydrogen (secondary N) is 1. The van der Waals surface area contributed by atoms with Gasteiger partial charge in [0.2, 0.25) is 0 Å². The summed E-state index contributed by atoms with van der Waals surface area (Å²) in [6.45, 7) is 4.46. The van der Waals surface area contributed by atoms with Crippen LogP contribution in [0, 0.1) is 10.5 Å². The van der Waals surface area contributed by atoms with Crippen molar-refractivity contribution in [3.05, 3.63) is 75.4 Å². The lowest BCUT2D eigenvalue weighted by molar-refractivity contribution is 0.102. The Labute approximate surface area is 184 Å². The van der Waals surface area contributed by atoms with E-state index in [2.05, 4.69) is 27.9 Å². The first kappa shape index (κ1) is 21.0. The van der Waals surface area contributed by atoms with Crippen LogP contribution < -0.4 is 19.5 Å². The van der Waals surface area contributed by atoms with E-state index < -0.39 is 0 Å². The number of amides is 1. The Balaban J connectivity index is 1.70. The predicted molar refractivity (Wildman–Crippen MR) is 123 cm³/mol. The number of halogens is 1. The van der Waals surface area contributed by atoms with E-state index in [1.807, 2.05) is 50.2 Å². The van der Waals surface area contributed by atoms with Crippen molar-refractivity contribution in [1.29, 1.82) is 0 Å². The second-order valence-electron chi connectivity index (χ2n) is 6.32. The average Bonchev–Trinajstić information content (AvgIpc) is 2.72. The highest BCUT2D eigenvalue weighted by Gasteiger charge is 2.15. The number of carbonyl (C=O) groups excluding carboxylic acids is 1. The number of ether oxygens (including phenoxy) is 3. The molecule has 0 aliphatic rings. The molecule has 1 N–H and O–H groups in total. The fourth-order valence-electron chi connectivity index (χ4n) is 2.69. The number of carbonyl (C=O) groups is 1. The Hall–Kier alpha value is -2.74. The summed E-state index contributed by atoms with van der Waals surface area (Å²) in [7, 11) is 1.56. The fourth-order valence-corrected chi connectivity index (χ4v) is 3.44. The number of hydrogen-bond donors (Lipinski definition) is 1. The Kier molecular flexibility index (Phi) is 6.98. The molecule has 0 aliphatic carbocycles. The minimum absolute atomic E-state index is 0.225. The molecule has 0 bridgehead atoms. The van der Waals surface area contributed by atoms with Gasteiger partial charge < -0.3 is 19.5 Å². The average molecular weight is 503 g/mol. The van der Waals surface area contributed by atoms with Gasteiger partial charge in [-0.25, -0.2) is 0 Å². The van der Waals surface area contributed by atoms with E-state index in [0.29, 0.717) is 35.1 Å². The van der Waals surface area contributed by atoms with Gasteiger partial charge in [0.05, 0.1) is 17.3 Å². The van der Waals surface area contributed by atoms with Crippen LogP contribution >= 0.6 is 22.6 Å². The molecule has 3 aromatic carbocycles. The standard InChI is InChI=1S/C23H22INO4/c1-4-28-22-20(24)13-16(14-21(22)27-3)23(26)25-17-7-11-19(12-8-17)29-18-9-5-15(2)6-10-18/h5-14H,4H2,1-3H3,(H,25,26). The molecule has 0 aliphatic heterocycles. The molecular weight excluding hydrogens is 481 g/mol. The molecule has 0 spiro atoms. The summed E-state index contributed by atoms with van der Waals surface area (Å²) >= 11 is 2.14. The van der Waals surface area contributed by atoms with E-state index in [9.17, 15) is 4.79 Å². The summed E-state index contributed by atoms with van der Waals surface area (Å²) in [4.78, 5) is 12.7. The minimum atomic E-state index is -0.225. The molecule has 29 heavy (non-hydrogen) atoms. The zero-order chi connectivity index (χ0) is 20.8. The van der Waals surface area contributed by atoms with Crippen LogP contribution in [-0.2, 0) is 0 Å². The van der Waals surface area contributed by atoms with Crippen molar-refractivity contribution in [2.75, 3.05) is 19.0 Å². The van der Waals surface area contributed by atoms with E-state index in [-0.39, 0.29) is 5.91 Å². The SMILES string of the molecule is CCOc1c(I)cc(C(=O)Nc2ccc(Oc3ccc(C)cc3)cc2)cc1OC. The predicted octanol–water partition coefficient (Wildman–Crippen LogP) is 6.05. The zero-order valence-corrected chi connectivity index (χ0v) is 18.6. The summed E-state index contributed by atoms with van der Waals surface area (Å²) in [5, 5.41) is 2.89. The number of hydrogen-bond acceptors (Lipinski definition) is 4. The summed E-state index contributed by atoms with van der Waals surface area (Å²) < 4.78 is 17.6. The molecule has 0 aromatic heterocycles. The van der Waals surface area contributed by atoms with Gasteiger partial charge in [-0.1, -0.05) is 17.7 Å². The Morgan fingerprint density at radius 3 is 2.21 bits per heavy atom. The number of rotatable bonds is 7. The van der Waals surface area contributed by atoms with E-state index >= 15 is 0 Å². The quantitative estimate of drug-likeness (QED) is 0.399. The van der Waals surface area contributed by atoms with Crippen molar-refractivity contribution in [2.24, 2.45) is 0 Å². The van der Waals surface area contributed by atoms with Crippen LogP contribution in [0.2, 0.25) is 0 Å². The van der Waals surface area contributed by atoms with Crippen molar-refractivity contribution >= 4 is 34.2 Å². The third-order valence-electron chi connectivity index (χ3n) is 4.15. The fraction of sp³-hybridized carbons (Fsp3) is 0.174. The van der Waals surface area contributed by atoms with Gasteiger partial charge in [-0.2, -0.15) is 0 Å². The monoisotopic (exact) mass is 503 g/mol. The van der Waals surface area contributed by atoms with Gasteiger partial charge in [-0.05, 0) is 85.0 Å². The molecule has 0 fully saturated rings. The number of anilines is 1. The van der Waals surface area contributed by atoms with Crippen LogP contribution in [0.25, 0.3) is 0 Å². The highest BCUT2D eigenvalue weighted by Crippen LogP contribution is 2.34. The van der Waals surface area contributed by atoms with Gasteiger partial charge in [-0.3, -0.25) is 4.79 Å². The van der Waals surface area contributed by atoms with Crippen molar-refractivity contribution in [3.63, 3.8) is 0 Å². The lowest BCUT2D eigenvalue weighted by atomic mass is 10.1. The number of methoxy groups -OCH3 is 1. The molecule has 5 nitrogen and oxygen atoms in total. The summed E-state index contributed by atoms with van der Waals surface area (Å²) in [5.41, 5.74) is 2.35. The maximum Gasteiger partial charge on any atom is 0.255 e. The van der Waals surface area contributed by atoms with Gasteiger partial charge in [0.25, 0.3) is 5.91 Å². The van der Waals surface area contributed by atoms with Crippen LogP contribution in [0.3, 0.4) is 0 Å². The molecule has 1 amide bonds. The Morgan fingerprint density at radius 2 is 1.62 bits per heavy atom. The van der Waals surface area contributed by atoms with E-state index in [1.54, 1.807) is 31.4 Å². The minimum Gasteiger partial charge on any atom is -0.493 e. The molecular formula is C23H22INO4. The molecule has 150 valence electrons. The lowest BCUT2D eigenvalue weighted by Crippen LogP contribution is -2.12. The largest absolute Gasteiger partial charge is 0.493 e. The van der Waals surface area contributed by atoms with E-state index in [1.165, 1.54) is 5.56 Å². The van der Waals surface area contributed by atoms with Crippen molar-refractivity contribution < 1.29 is 19.0 Å². The highest BCUT2D eigenvalue weighted by molar-refractivity contribution is 14.1. The molecule has 0 saturated heterocycles. The normalized spacial score (nSPS) is 10.3. The van der Waals surface area contributed by atoms with Crippen LogP contribution in [0.5, 0.6) is 23.0 Å². The third-order valence-corrected chi connectivity index (χ3v) is 4.95. The first-order chi connectivity index (χ1) is 14.0. The summed E-state index contributed by atoms with van der Waals surface area (Å²) in [6.07, 6.45) is 0. The van der Waals surface area contributed by atoms with Gasteiger partial charge in [0, 0.05) is 11.3 Å². The second-order valence-corrected chi connectivity index (χ2v) is 7.48. The van der Waals surface area contributed by atoms with Gasteiger partial charge in [0.15, 0.2) is 11.5 Å². The van der Waals surface area contributed by atoms with Crippen molar-refractivity contribution in [1.82, 2.24) is 0 Å². The Morgan fingerprint density at radius 1 is 1.00 bits per heavy atom. The Bertz CT molecular complexity index is 985. The highest BCUT2D eigenvalue weighted by atomic mass is 127. The van der Waals surface area contributed by atoms with Crippen molar-refractivity contribution in [2.45, 2.75) is 13.8 Å². The molecule has 0 heterocycles. The maximum atomic E-state index is 12.7. The topological polar surface area (TPSA) is 56.8 Å². The van der Waals surface area contributed by atoms with Crippen LogP contribution in [0.1, 0.15) is 22.8 Å². The summed E-state index contributed by atoms with van der Waals surface area (Å²) in [6, 6.07) is 18.5. The number of aryl methyl sites for hydroxylation is 1.